The molecule has 2 heterocycles. The molecule has 0 spiro atoms. The van der Waals surface area contributed by atoms with E-state index in [-0.39, 0.29) is 6.54 Å². The van der Waals surface area contributed by atoms with Gasteiger partial charge in [0.25, 0.3) is 0 Å². The van der Waals surface area contributed by atoms with Crippen LogP contribution >= 0.6 is 0 Å². The second-order valence-electron chi connectivity index (χ2n) is 8.41. The summed E-state index contributed by atoms with van der Waals surface area (Å²) in [5.74, 6) is 1.40. The molecule has 32 heavy (non-hydrogen) atoms. The SMILES string of the molecule is Cc1ccc(S(=O)(=O)N2CCc3nc(N(C)Cc4ccccc4)nc(N(C)C)c3C2)cc1. The summed E-state index contributed by atoms with van der Waals surface area (Å²) in [5.41, 5.74) is 3.99. The summed E-state index contributed by atoms with van der Waals surface area (Å²) in [6.07, 6.45) is 0.552. The molecule has 0 radical (unpaired) electrons. The van der Waals surface area contributed by atoms with E-state index in [1.165, 1.54) is 9.87 Å². The normalized spacial score (nSPS) is 14.1. The Kier molecular flexibility index (Phi) is 6.17. The molecule has 1 aliphatic heterocycles. The Morgan fingerprint density at radius 3 is 2.31 bits per heavy atom. The maximum Gasteiger partial charge on any atom is 0.243 e. The average Bonchev–Trinajstić information content (AvgIpc) is 2.78. The number of hydrogen-bond acceptors (Lipinski definition) is 6. The Morgan fingerprint density at radius 1 is 0.969 bits per heavy atom. The molecule has 0 N–H and O–H groups in total. The first-order valence-electron chi connectivity index (χ1n) is 10.6. The van der Waals surface area contributed by atoms with Crippen LogP contribution in [0.5, 0.6) is 0 Å². The van der Waals surface area contributed by atoms with Crippen molar-refractivity contribution in [2.24, 2.45) is 0 Å². The third-order valence-corrected chi connectivity index (χ3v) is 7.54. The lowest BCUT2D eigenvalue weighted by atomic mass is 10.1. The summed E-state index contributed by atoms with van der Waals surface area (Å²) >= 11 is 0. The van der Waals surface area contributed by atoms with Gasteiger partial charge in [0.05, 0.1) is 10.6 Å². The predicted octanol–water partition coefficient (Wildman–Crippen LogP) is 3.23. The smallest absolute Gasteiger partial charge is 0.243 e. The van der Waals surface area contributed by atoms with Crippen molar-refractivity contribution in [1.29, 1.82) is 0 Å². The van der Waals surface area contributed by atoms with Crippen molar-refractivity contribution in [2.45, 2.75) is 31.3 Å². The zero-order chi connectivity index (χ0) is 22.9. The molecule has 0 atom stereocenters. The van der Waals surface area contributed by atoms with Crippen LogP contribution in [-0.4, -0.2) is 50.4 Å². The second-order valence-corrected chi connectivity index (χ2v) is 10.3. The van der Waals surface area contributed by atoms with Crippen LogP contribution in [0.1, 0.15) is 22.4 Å². The Labute approximate surface area is 190 Å². The van der Waals surface area contributed by atoms with Gasteiger partial charge in [-0.1, -0.05) is 48.0 Å². The molecule has 0 saturated heterocycles. The largest absolute Gasteiger partial charge is 0.362 e. The summed E-state index contributed by atoms with van der Waals surface area (Å²) < 4.78 is 28.0. The molecule has 0 aliphatic carbocycles. The molecular weight excluding hydrogens is 422 g/mol. The van der Waals surface area contributed by atoms with Crippen molar-refractivity contribution in [3.05, 3.63) is 77.0 Å². The fraction of sp³-hybridized carbons (Fsp3) is 0.333. The lowest BCUT2D eigenvalue weighted by Crippen LogP contribution is -2.38. The standard InChI is InChI=1S/C24H29N5O2S/c1-18-10-12-20(13-11-18)32(30,31)29-15-14-22-21(17-29)23(27(2)3)26-24(25-22)28(4)16-19-8-6-5-7-9-19/h5-13H,14-17H2,1-4H3. The Hall–Kier alpha value is -2.97. The van der Waals surface area contributed by atoms with Gasteiger partial charge in [-0.3, -0.25) is 0 Å². The van der Waals surface area contributed by atoms with E-state index in [0.717, 1.165) is 22.6 Å². The van der Waals surface area contributed by atoms with Crippen LogP contribution in [0, 0.1) is 6.92 Å². The van der Waals surface area contributed by atoms with Gasteiger partial charge in [0, 0.05) is 52.8 Å². The highest BCUT2D eigenvalue weighted by atomic mass is 32.2. The molecule has 4 rings (SSSR count). The summed E-state index contributed by atoms with van der Waals surface area (Å²) in [7, 11) is 2.25. The van der Waals surface area contributed by atoms with E-state index >= 15 is 0 Å². The third-order valence-electron chi connectivity index (χ3n) is 5.68. The van der Waals surface area contributed by atoms with Gasteiger partial charge in [0.1, 0.15) is 5.82 Å². The third kappa shape index (κ3) is 4.47. The van der Waals surface area contributed by atoms with Crippen LogP contribution in [0.3, 0.4) is 0 Å². The van der Waals surface area contributed by atoms with Gasteiger partial charge in [-0.2, -0.15) is 9.29 Å². The minimum absolute atomic E-state index is 0.266. The molecule has 0 unspecified atom stereocenters. The van der Waals surface area contributed by atoms with E-state index in [2.05, 4.69) is 12.1 Å². The maximum atomic E-state index is 13.2. The van der Waals surface area contributed by atoms with E-state index in [4.69, 9.17) is 9.97 Å². The second kappa shape index (κ2) is 8.88. The van der Waals surface area contributed by atoms with Crippen LogP contribution in [0.2, 0.25) is 0 Å². The molecule has 0 fully saturated rings. The van der Waals surface area contributed by atoms with Crippen LogP contribution < -0.4 is 9.80 Å². The zero-order valence-electron chi connectivity index (χ0n) is 19.0. The quantitative estimate of drug-likeness (QED) is 0.573. The molecule has 2 aromatic carbocycles. The fourth-order valence-corrected chi connectivity index (χ4v) is 5.30. The van der Waals surface area contributed by atoms with Gasteiger partial charge < -0.3 is 9.80 Å². The number of aryl methyl sites for hydroxylation is 1. The van der Waals surface area contributed by atoms with Crippen molar-refractivity contribution in [3.8, 4) is 0 Å². The van der Waals surface area contributed by atoms with E-state index in [1.54, 1.807) is 12.1 Å². The molecule has 0 saturated carbocycles. The summed E-state index contributed by atoms with van der Waals surface area (Å²) in [4.78, 5) is 13.9. The van der Waals surface area contributed by atoms with Gasteiger partial charge in [-0.15, -0.1) is 0 Å². The van der Waals surface area contributed by atoms with Crippen molar-refractivity contribution in [1.82, 2.24) is 14.3 Å². The molecule has 0 amide bonds. The highest BCUT2D eigenvalue weighted by molar-refractivity contribution is 7.89. The molecule has 8 heteroatoms. The molecule has 7 nitrogen and oxygen atoms in total. The lowest BCUT2D eigenvalue weighted by molar-refractivity contribution is 0.387. The van der Waals surface area contributed by atoms with Gasteiger partial charge in [-0.05, 0) is 24.6 Å². The van der Waals surface area contributed by atoms with Crippen molar-refractivity contribution in [3.63, 3.8) is 0 Å². The molecule has 168 valence electrons. The van der Waals surface area contributed by atoms with Gasteiger partial charge in [-0.25, -0.2) is 13.4 Å². The van der Waals surface area contributed by atoms with E-state index in [9.17, 15) is 8.42 Å². The first-order valence-corrected chi connectivity index (χ1v) is 12.1. The van der Waals surface area contributed by atoms with Crippen LogP contribution in [-0.2, 0) is 29.5 Å². The van der Waals surface area contributed by atoms with E-state index < -0.39 is 10.0 Å². The van der Waals surface area contributed by atoms with Gasteiger partial charge in [0.2, 0.25) is 16.0 Å². The fourth-order valence-electron chi connectivity index (χ4n) is 3.89. The van der Waals surface area contributed by atoms with Gasteiger partial charge >= 0.3 is 0 Å². The highest BCUT2D eigenvalue weighted by Crippen LogP contribution is 2.31. The Morgan fingerprint density at radius 2 is 1.66 bits per heavy atom. The topological polar surface area (TPSA) is 69.6 Å². The first kappa shape index (κ1) is 22.2. The number of rotatable bonds is 6. The van der Waals surface area contributed by atoms with E-state index in [1.807, 2.05) is 68.2 Å². The highest BCUT2D eigenvalue weighted by Gasteiger charge is 2.32. The number of anilines is 2. The molecule has 1 aliphatic rings. The van der Waals surface area contributed by atoms with Crippen molar-refractivity contribution < 1.29 is 8.42 Å². The van der Waals surface area contributed by atoms with E-state index in [0.29, 0.717) is 30.4 Å². The summed E-state index contributed by atoms with van der Waals surface area (Å²) in [6, 6.07) is 17.2. The molecule has 3 aromatic rings. The minimum atomic E-state index is -3.58. The number of nitrogens with zero attached hydrogens (tertiary/aromatic N) is 5. The van der Waals surface area contributed by atoms with Gasteiger partial charge in [0.15, 0.2) is 0 Å². The number of hydrogen-bond donors (Lipinski definition) is 0. The average molecular weight is 452 g/mol. The monoisotopic (exact) mass is 451 g/mol. The van der Waals surface area contributed by atoms with Crippen LogP contribution in [0.4, 0.5) is 11.8 Å². The summed E-state index contributed by atoms with van der Waals surface area (Å²) in [5, 5.41) is 0. The minimum Gasteiger partial charge on any atom is -0.362 e. The van der Waals surface area contributed by atoms with Crippen molar-refractivity contribution >= 4 is 21.8 Å². The summed E-state index contributed by atoms with van der Waals surface area (Å²) in [6.45, 7) is 3.30. The Balaban J connectivity index is 1.64. The lowest BCUT2D eigenvalue weighted by Gasteiger charge is -2.31. The molecule has 0 bridgehead atoms. The molecular formula is C24H29N5O2S. The number of benzene rings is 2. The van der Waals surface area contributed by atoms with Crippen LogP contribution in [0.15, 0.2) is 59.5 Å². The van der Waals surface area contributed by atoms with Crippen molar-refractivity contribution in [2.75, 3.05) is 37.5 Å². The Bertz CT molecular complexity index is 1200. The maximum absolute atomic E-state index is 13.2. The predicted molar refractivity (Wildman–Crippen MR) is 127 cm³/mol. The number of aromatic nitrogens is 2. The molecule has 1 aromatic heterocycles. The first-order chi connectivity index (χ1) is 15.3. The number of fused-ring (bicyclic) bond motifs is 1. The zero-order valence-corrected chi connectivity index (χ0v) is 19.8. The van der Waals surface area contributed by atoms with Crippen LogP contribution in [0.25, 0.3) is 0 Å². The number of sulfonamides is 1.